The van der Waals surface area contributed by atoms with E-state index in [1.54, 1.807) is 0 Å². The van der Waals surface area contributed by atoms with Gasteiger partial charge in [0.1, 0.15) is 6.17 Å². The van der Waals surface area contributed by atoms with Gasteiger partial charge >= 0.3 is 0 Å². The molecule has 2 heteroatoms. The molecule has 0 saturated carbocycles. The van der Waals surface area contributed by atoms with Gasteiger partial charge in [0, 0.05) is 12.8 Å². The first-order valence-electron chi connectivity index (χ1n) is 3.77. The summed E-state index contributed by atoms with van der Waals surface area (Å²) in [5.74, 6) is 0. The quantitative estimate of drug-likeness (QED) is 0.635. The molecule has 0 bridgehead atoms. The van der Waals surface area contributed by atoms with Crippen LogP contribution in [0.3, 0.4) is 0 Å². The maximum Gasteiger partial charge on any atom is 0.125 e. The highest BCUT2D eigenvalue weighted by Gasteiger charge is 2.09. The third-order valence-electron chi connectivity index (χ3n) is 1.77. The maximum atomic E-state index is 4.27. The number of nitrogens with one attached hydrogen (secondary N) is 1. The average molecular weight is 146 g/mol. The molecule has 1 unspecified atom stereocenters. The van der Waals surface area contributed by atoms with Crippen LogP contribution in [0.15, 0.2) is 35.3 Å². The minimum absolute atomic E-state index is 0.191. The molecule has 11 heavy (non-hydrogen) atoms. The van der Waals surface area contributed by atoms with Crippen molar-refractivity contribution in [2.75, 3.05) is 6.54 Å². The van der Waals surface area contributed by atoms with Crippen LogP contribution in [0.4, 0.5) is 0 Å². The summed E-state index contributed by atoms with van der Waals surface area (Å²) in [6.45, 7) is 0.888. The Morgan fingerprint density at radius 1 is 1.27 bits per heavy atom. The predicted molar refractivity (Wildman–Crippen MR) is 45.7 cm³/mol. The number of hydrogen-bond acceptors (Lipinski definition) is 2. The van der Waals surface area contributed by atoms with E-state index in [4.69, 9.17) is 0 Å². The topological polar surface area (TPSA) is 24.4 Å². The Kier molecular flexibility index (Phi) is 1.69. The third kappa shape index (κ3) is 1.30. The summed E-state index contributed by atoms with van der Waals surface area (Å²) < 4.78 is 0. The van der Waals surface area contributed by atoms with Crippen LogP contribution in [0.5, 0.6) is 0 Å². The zero-order chi connectivity index (χ0) is 7.52. The fraction of sp³-hybridized carbons (Fsp3) is 0.222. The molecule has 1 heterocycles. The van der Waals surface area contributed by atoms with Gasteiger partial charge in [-0.15, -0.1) is 0 Å². The van der Waals surface area contributed by atoms with E-state index < -0.39 is 0 Å². The van der Waals surface area contributed by atoms with Crippen molar-refractivity contribution >= 4 is 6.21 Å². The fourth-order valence-electron chi connectivity index (χ4n) is 1.21. The van der Waals surface area contributed by atoms with E-state index in [0.29, 0.717) is 0 Å². The Morgan fingerprint density at radius 2 is 2.09 bits per heavy atom. The van der Waals surface area contributed by atoms with Crippen molar-refractivity contribution in [1.29, 1.82) is 0 Å². The van der Waals surface area contributed by atoms with Crippen LogP contribution in [0.25, 0.3) is 0 Å². The highest BCUT2D eigenvalue weighted by molar-refractivity contribution is 5.62. The smallest absolute Gasteiger partial charge is 0.125 e. The van der Waals surface area contributed by atoms with Gasteiger partial charge in [-0.25, -0.2) is 0 Å². The Labute approximate surface area is 66.0 Å². The van der Waals surface area contributed by atoms with Crippen LogP contribution in [-0.2, 0) is 0 Å². The van der Waals surface area contributed by atoms with Gasteiger partial charge in [0.15, 0.2) is 0 Å². The van der Waals surface area contributed by atoms with Crippen molar-refractivity contribution in [2.24, 2.45) is 4.99 Å². The first-order chi connectivity index (χ1) is 5.47. The molecule has 56 valence electrons. The fourth-order valence-corrected chi connectivity index (χ4v) is 1.21. The van der Waals surface area contributed by atoms with E-state index >= 15 is 0 Å². The van der Waals surface area contributed by atoms with E-state index in [1.165, 1.54) is 5.56 Å². The molecule has 1 aliphatic heterocycles. The molecule has 0 fully saturated rings. The van der Waals surface area contributed by atoms with Crippen LogP contribution < -0.4 is 5.32 Å². The molecule has 0 saturated heterocycles. The van der Waals surface area contributed by atoms with Gasteiger partial charge in [0.2, 0.25) is 0 Å². The first kappa shape index (κ1) is 6.55. The molecule has 2 nitrogen and oxygen atoms in total. The number of nitrogens with zero attached hydrogens (tertiary/aromatic N) is 1. The largest absolute Gasteiger partial charge is 0.287 e. The van der Waals surface area contributed by atoms with Gasteiger partial charge in [-0.2, -0.15) is 0 Å². The molecule has 1 N–H and O–H groups in total. The highest BCUT2D eigenvalue weighted by Crippen LogP contribution is 2.14. The molecule has 0 aliphatic carbocycles. The SMILES string of the molecule is C1=NC(c2ccccc2)NC1. The van der Waals surface area contributed by atoms with Crippen molar-refractivity contribution in [1.82, 2.24) is 5.32 Å². The molecule has 0 aromatic heterocycles. The summed E-state index contributed by atoms with van der Waals surface area (Å²) in [5, 5.41) is 3.25. The van der Waals surface area contributed by atoms with Crippen molar-refractivity contribution in [2.45, 2.75) is 6.17 Å². The van der Waals surface area contributed by atoms with Crippen molar-refractivity contribution in [3.05, 3.63) is 35.9 Å². The molecular weight excluding hydrogens is 136 g/mol. The lowest BCUT2D eigenvalue weighted by molar-refractivity contribution is 0.643. The summed E-state index contributed by atoms with van der Waals surface area (Å²) in [5.41, 5.74) is 1.24. The van der Waals surface area contributed by atoms with Gasteiger partial charge in [-0.1, -0.05) is 30.3 Å². The molecule has 1 aromatic carbocycles. The average Bonchev–Trinajstić information content (AvgIpc) is 2.58. The van der Waals surface area contributed by atoms with Gasteiger partial charge < -0.3 is 0 Å². The van der Waals surface area contributed by atoms with Crippen LogP contribution in [0.1, 0.15) is 11.7 Å². The van der Waals surface area contributed by atoms with Crippen LogP contribution >= 0.6 is 0 Å². The Balaban J connectivity index is 2.23. The normalized spacial score (nSPS) is 22.4. The monoisotopic (exact) mass is 146 g/mol. The van der Waals surface area contributed by atoms with E-state index in [0.717, 1.165) is 6.54 Å². The highest BCUT2D eigenvalue weighted by atomic mass is 15.1. The predicted octanol–water partition coefficient (Wildman–Crippen LogP) is 1.36. The number of benzene rings is 1. The lowest BCUT2D eigenvalue weighted by Crippen LogP contribution is -2.13. The van der Waals surface area contributed by atoms with Gasteiger partial charge in [0.05, 0.1) is 0 Å². The molecule has 0 amide bonds. The number of aliphatic imine (C=N–C) groups is 1. The van der Waals surface area contributed by atoms with Crippen molar-refractivity contribution in [3.63, 3.8) is 0 Å². The Bertz CT molecular complexity index is 254. The maximum absolute atomic E-state index is 4.27. The minimum Gasteiger partial charge on any atom is -0.287 e. The summed E-state index contributed by atoms with van der Waals surface area (Å²) in [6, 6.07) is 10.2. The molecular formula is C9H10N2. The third-order valence-corrected chi connectivity index (χ3v) is 1.77. The first-order valence-corrected chi connectivity index (χ1v) is 3.77. The lowest BCUT2D eigenvalue weighted by atomic mass is 10.2. The zero-order valence-electron chi connectivity index (χ0n) is 6.20. The number of rotatable bonds is 1. The Morgan fingerprint density at radius 3 is 2.73 bits per heavy atom. The van der Waals surface area contributed by atoms with Crippen molar-refractivity contribution < 1.29 is 0 Å². The molecule has 1 aromatic rings. The van der Waals surface area contributed by atoms with Crippen LogP contribution in [0, 0.1) is 0 Å². The summed E-state index contributed by atoms with van der Waals surface area (Å²) in [4.78, 5) is 4.27. The molecule has 1 atom stereocenters. The zero-order valence-corrected chi connectivity index (χ0v) is 6.20. The second-order valence-corrected chi connectivity index (χ2v) is 2.55. The summed E-state index contributed by atoms with van der Waals surface area (Å²) >= 11 is 0. The molecule has 0 radical (unpaired) electrons. The molecule has 2 rings (SSSR count). The second kappa shape index (κ2) is 2.84. The van der Waals surface area contributed by atoms with E-state index in [9.17, 15) is 0 Å². The van der Waals surface area contributed by atoms with Gasteiger partial charge in [0.25, 0.3) is 0 Å². The van der Waals surface area contributed by atoms with Crippen LogP contribution in [-0.4, -0.2) is 12.8 Å². The van der Waals surface area contributed by atoms with E-state index in [2.05, 4.69) is 22.4 Å². The Hall–Kier alpha value is -1.15. The van der Waals surface area contributed by atoms with E-state index in [1.807, 2.05) is 24.4 Å². The van der Waals surface area contributed by atoms with Gasteiger partial charge in [-0.3, -0.25) is 10.3 Å². The molecule has 0 spiro atoms. The van der Waals surface area contributed by atoms with E-state index in [-0.39, 0.29) is 6.17 Å². The minimum atomic E-state index is 0.191. The summed E-state index contributed by atoms with van der Waals surface area (Å²) in [6.07, 6.45) is 2.11. The molecule has 1 aliphatic rings. The van der Waals surface area contributed by atoms with Gasteiger partial charge in [-0.05, 0) is 5.56 Å². The standard InChI is InChI=1S/C9H10N2/c1-2-4-8(5-3-1)9-10-6-7-11-9/h1-6,9,11H,7H2. The number of hydrogen-bond donors (Lipinski definition) is 1. The second-order valence-electron chi connectivity index (χ2n) is 2.55. The lowest BCUT2D eigenvalue weighted by Gasteiger charge is -2.06. The van der Waals surface area contributed by atoms with Crippen molar-refractivity contribution in [3.8, 4) is 0 Å². The van der Waals surface area contributed by atoms with Crippen LogP contribution in [0.2, 0.25) is 0 Å². The summed E-state index contributed by atoms with van der Waals surface area (Å²) in [7, 11) is 0.